The molecule has 0 radical (unpaired) electrons. The molecule has 0 amide bonds. The van der Waals surface area contributed by atoms with Crippen LogP contribution in [0.15, 0.2) is 0 Å². The molecule has 0 bridgehead atoms. The molecular weight excluding hydrogens is 180 g/mol. The normalized spacial score (nSPS) is 15.3. The van der Waals surface area contributed by atoms with E-state index in [9.17, 15) is 9.90 Å². The summed E-state index contributed by atoms with van der Waals surface area (Å²) < 4.78 is 4.79. The van der Waals surface area contributed by atoms with Crippen LogP contribution in [0.25, 0.3) is 0 Å². The van der Waals surface area contributed by atoms with Crippen molar-refractivity contribution in [3.8, 4) is 0 Å². The van der Waals surface area contributed by atoms with E-state index in [1.54, 1.807) is 13.8 Å². The monoisotopic (exact) mass is 202 g/mol. The van der Waals surface area contributed by atoms with Gasteiger partial charge in [-0.25, -0.2) is 0 Å². The number of ether oxygens (including phenoxy) is 1. The van der Waals surface area contributed by atoms with Crippen molar-refractivity contribution in [3.05, 3.63) is 0 Å². The van der Waals surface area contributed by atoms with Gasteiger partial charge in [0.25, 0.3) is 0 Å². The van der Waals surface area contributed by atoms with Gasteiger partial charge in [-0.3, -0.25) is 4.79 Å². The molecule has 0 fully saturated rings. The van der Waals surface area contributed by atoms with Gasteiger partial charge in [0.15, 0.2) is 0 Å². The molecule has 1 unspecified atom stereocenters. The molecule has 3 nitrogen and oxygen atoms in total. The fourth-order valence-electron chi connectivity index (χ4n) is 1.59. The Kier molecular flexibility index (Phi) is 5.77. The van der Waals surface area contributed by atoms with Crippen molar-refractivity contribution in [3.63, 3.8) is 0 Å². The van der Waals surface area contributed by atoms with Crippen LogP contribution in [0.1, 0.15) is 47.0 Å². The predicted octanol–water partition coefficient (Wildman–Crippen LogP) is 2.13. The Labute approximate surface area is 86.5 Å². The summed E-state index contributed by atoms with van der Waals surface area (Å²) in [5.41, 5.74) is -0.749. The van der Waals surface area contributed by atoms with Gasteiger partial charge in [0, 0.05) is 6.42 Å². The highest BCUT2D eigenvalue weighted by Gasteiger charge is 2.22. The van der Waals surface area contributed by atoms with Crippen molar-refractivity contribution in [2.24, 2.45) is 5.92 Å². The molecule has 0 aromatic heterocycles. The highest BCUT2D eigenvalue weighted by Crippen LogP contribution is 2.21. The van der Waals surface area contributed by atoms with Crippen molar-refractivity contribution >= 4 is 5.97 Å². The smallest absolute Gasteiger partial charge is 0.305 e. The van der Waals surface area contributed by atoms with Gasteiger partial charge in [-0.1, -0.05) is 13.8 Å². The lowest BCUT2D eigenvalue weighted by Crippen LogP contribution is -2.27. The van der Waals surface area contributed by atoms with E-state index >= 15 is 0 Å². The zero-order chi connectivity index (χ0) is 11.2. The van der Waals surface area contributed by atoms with Crippen molar-refractivity contribution in [1.29, 1.82) is 0 Å². The summed E-state index contributed by atoms with van der Waals surface area (Å²) in [6, 6.07) is 0. The minimum atomic E-state index is -0.749. The summed E-state index contributed by atoms with van der Waals surface area (Å²) in [5, 5.41) is 9.89. The SMILES string of the molecule is CCOC(=O)CCC(C)(O)CC(C)C. The van der Waals surface area contributed by atoms with Gasteiger partial charge in [-0.15, -0.1) is 0 Å². The summed E-state index contributed by atoms with van der Waals surface area (Å²) in [6.07, 6.45) is 1.49. The lowest BCUT2D eigenvalue weighted by molar-refractivity contribution is -0.144. The lowest BCUT2D eigenvalue weighted by atomic mass is 9.90. The van der Waals surface area contributed by atoms with Crippen LogP contribution in [0.4, 0.5) is 0 Å². The second-order valence-electron chi connectivity index (χ2n) is 4.40. The first-order valence-corrected chi connectivity index (χ1v) is 5.25. The van der Waals surface area contributed by atoms with E-state index in [1.165, 1.54) is 0 Å². The first-order chi connectivity index (χ1) is 6.37. The average molecular weight is 202 g/mol. The number of hydrogen-bond donors (Lipinski definition) is 1. The summed E-state index contributed by atoms with van der Waals surface area (Å²) in [6.45, 7) is 8.07. The Hall–Kier alpha value is -0.570. The maximum Gasteiger partial charge on any atom is 0.305 e. The van der Waals surface area contributed by atoms with E-state index in [-0.39, 0.29) is 5.97 Å². The maximum absolute atomic E-state index is 11.0. The van der Waals surface area contributed by atoms with Gasteiger partial charge in [-0.05, 0) is 32.6 Å². The molecule has 0 heterocycles. The Bertz CT molecular complexity index is 173. The van der Waals surface area contributed by atoms with Crippen LogP contribution in [-0.4, -0.2) is 23.3 Å². The Morgan fingerprint density at radius 1 is 1.50 bits per heavy atom. The molecule has 0 aromatic rings. The van der Waals surface area contributed by atoms with E-state index < -0.39 is 5.60 Å². The van der Waals surface area contributed by atoms with E-state index in [0.29, 0.717) is 31.8 Å². The largest absolute Gasteiger partial charge is 0.466 e. The lowest BCUT2D eigenvalue weighted by Gasteiger charge is -2.24. The number of aliphatic hydroxyl groups is 1. The summed E-state index contributed by atoms with van der Waals surface area (Å²) >= 11 is 0. The van der Waals surface area contributed by atoms with Crippen LogP contribution in [-0.2, 0) is 9.53 Å². The molecule has 14 heavy (non-hydrogen) atoms. The number of esters is 1. The summed E-state index contributed by atoms with van der Waals surface area (Å²) in [7, 11) is 0. The molecular formula is C11H22O3. The van der Waals surface area contributed by atoms with Crippen LogP contribution < -0.4 is 0 Å². The van der Waals surface area contributed by atoms with E-state index in [2.05, 4.69) is 13.8 Å². The summed E-state index contributed by atoms with van der Waals surface area (Å²) in [5.74, 6) is 0.212. The van der Waals surface area contributed by atoms with Gasteiger partial charge in [0.1, 0.15) is 0 Å². The third kappa shape index (κ3) is 6.89. The molecule has 0 aromatic carbocycles. The van der Waals surface area contributed by atoms with Crippen molar-refractivity contribution in [2.75, 3.05) is 6.61 Å². The summed E-state index contributed by atoms with van der Waals surface area (Å²) in [4.78, 5) is 11.0. The predicted molar refractivity (Wildman–Crippen MR) is 55.9 cm³/mol. The fourth-order valence-corrected chi connectivity index (χ4v) is 1.59. The Balaban J connectivity index is 3.80. The molecule has 0 saturated heterocycles. The van der Waals surface area contributed by atoms with Gasteiger partial charge in [0.05, 0.1) is 12.2 Å². The van der Waals surface area contributed by atoms with Gasteiger partial charge in [-0.2, -0.15) is 0 Å². The van der Waals surface area contributed by atoms with Crippen LogP contribution in [0.3, 0.4) is 0 Å². The number of carbonyl (C=O) groups excluding carboxylic acids is 1. The average Bonchev–Trinajstić information content (AvgIpc) is 1.99. The topological polar surface area (TPSA) is 46.5 Å². The van der Waals surface area contributed by atoms with Gasteiger partial charge < -0.3 is 9.84 Å². The van der Waals surface area contributed by atoms with Crippen molar-refractivity contribution < 1.29 is 14.6 Å². The van der Waals surface area contributed by atoms with Crippen molar-refractivity contribution in [2.45, 2.75) is 52.6 Å². The molecule has 0 saturated carbocycles. The zero-order valence-electron chi connectivity index (χ0n) is 9.67. The van der Waals surface area contributed by atoms with E-state index in [4.69, 9.17) is 4.74 Å². The van der Waals surface area contributed by atoms with Crippen LogP contribution in [0.2, 0.25) is 0 Å². The Morgan fingerprint density at radius 2 is 2.07 bits per heavy atom. The molecule has 0 aliphatic rings. The zero-order valence-corrected chi connectivity index (χ0v) is 9.67. The molecule has 1 N–H and O–H groups in total. The maximum atomic E-state index is 11.0. The fraction of sp³-hybridized carbons (Fsp3) is 0.909. The van der Waals surface area contributed by atoms with Crippen LogP contribution in [0, 0.1) is 5.92 Å². The third-order valence-electron chi connectivity index (χ3n) is 2.02. The number of hydrogen-bond acceptors (Lipinski definition) is 3. The van der Waals surface area contributed by atoms with Crippen molar-refractivity contribution in [1.82, 2.24) is 0 Å². The molecule has 1 atom stereocenters. The van der Waals surface area contributed by atoms with Crippen LogP contribution in [0.5, 0.6) is 0 Å². The van der Waals surface area contributed by atoms with Crippen LogP contribution >= 0.6 is 0 Å². The molecule has 0 aliphatic carbocycles. The minimum Gasteiger partial charge on any atom is -0.466 e. The quantitative estimate of drug-likeness (QED) is 0.671. The molecule has 0 rings (SSSR count). The second-order valence-corrected chi connectivity index (χ2v) is 4.40. The van der Waals surface area contributed by atoms with E-state index in [0.717, 1.165) is 0 Å². The van der Waals surface area contributed by atoms with Gasteiger partial charge >= 0.3 is 5.97 Å². The first kappa shape index (κ1) is 13.4. The number of rotatable bonds is 6. The molecule has 0 aliphatic heterocycles. The third-order valence-corrected chi connectivity index (χ3v) is 2.02. The first-order valence-electron chi connectivity index (χ1n) is 5.25. The molecule has 3 heteroatoms. The van der Waals surface area contributed by atoms with Gasteiger partial charge in [0.2, 0.25) is 0 Å². The van der Waals surface area contributed by atoms with E-state index in [1.807, 2.05) is 0 Å². The highest BCUT2D eigenvalue weighted by atomic mass is 16.5. The molecule has 84 valence electrons. The standard InChI is InChI=1S/C11H22O3/c1-5-14-10(12)6-7-11(4,13)8-9(2)3/h9,13H,5-8H2,1-4H3. The Morgan fingerprint density at radius 3 is 2.50 bits per heavy atom. The number of carbonyl (C=O) groups is 1. The minimum absolute atomic E-state index is 0.225. The molecule has 0 spiro atoms. The highest BCUT2D eigenvalue weighted by molar-refractivity contribution is 5.69. The second kappa shape index (κ2) is 6.02.